The fourth-order valence-corrected chi connectivity index (χ4v) is 3.33. The Labute approximate surface area is 191 Å². The highest BCUT2D eigenvalue weighted by atomic mass is 19.1. The first-order valence-corrected chi connectivity index (χ1v) is 10.5. The van der Waals surface area contributed by atoms with Crippen LogP contribution in [0.25, 0.3) is 10.8 Å². The van der Waals surface area contributed by atoms with Crippen molar-refractivity contribution >= 4 is 28.6 Å². The first-order chi connectivity index (χ1) is 16.1. The number of hydrogen-bond donors (Lipinski definition) is 1. The highest BCUT2D eigenvalue weighted by Gasteiger charge is 2.10. The van der Waals surface area contributed by atoms with Gasteiger partial charge in [-0.05, 0) is 42.0 Å². The van der Waals surface area contributed by atoms with Crippen LogP contribution in [0.2, 0.25) is 0 Å². The van der Waals surface area contributed by atoms with E-state index in [4.69, 9.17) is 9.57 Å². The van der Waals surface area contributed by atoms with Crippen LogP contribution in [-0.2, 0) is 16.2 Å². The lowest BCUT2D eigenvalue weighted by Gasteiger charge is -2.12. The summed E-state index contributed by atoms with van der Waals surface area (Å²) in [6, 6.07) is 25.5. The number of amides is 1. The Bertz CT molecular complexity index is 1290. The minimum atomic E-state index is -0.323. The van der Waals surface area contributed by atoms with E-state index < -0.39 is 0 Å². The summed E-state index contributed by atoms with van der Waals surface area (Å²) in [7, 11) is 0. The van der Waals surface area contributed by atoms with Crippen LogP contribution in [0.5, 0.6) is 5.75 Å². The second-order valence-electron chi connectivity index (χ2n) is 7.50. The van der Waals surface area contributed by atoms with Crippen molar-refractivity contribution in [2.75, 3.05) is 11.9 Å². The molecule has 5 nitrogen and oxygen atoms in total. The maximum absolute atomic E-state index is 14.0. The molecule has 0 aliphatic rings. The van der Waals surface area contributed by atoms with Gasteiger partial charge in [-0.3, -0.25) is 4.79 Å². The molecule has 0 aromatic heterocycles. The van der Waals surface area contributed by atoms with Gasteiger partial charge in [0, 0.05) is 16.8 Å². The molecule has 1 amide bonds. The van der Waals surface area contributed by atoms with Gasteiger partial charge in [-0.15, -0.1) is 0 Å². The number of nitrogens with one attached hydrogen (secondary N) is 1. The molecular weight excluding hydrogens is 419 g/mol. The lowest BCUT2D eigenvalue weighted by molar-refractivity contribution is -0.120. The Morgan fingerprint density at radius 3 is 2.55 bits per heavy atom. The Hall–Kier alpha value is -4.19. The molecule has 0 saturated heterocycles. The minimum absolute atomic E-state index is 0.0751. The molecule has 0 saturated carbocycles. The number of hydrogen-bond acceptors (Lipinski definition) is 4. The fraction of sp³-hybridized carbons (Fsp3) is 0.111. The zero-order valence-electron chi connectivity index (χ0n) is 18.1. The van der Waals surface area contributed by atoms with E-state index in [9.17, 15) is 9.18 Å². The molecule has 1 N–H and O–H groups in total. The minimum Gasteiger partial charge on any atom is -0.488 e. The summed E-state index contributed by atoms with van der Waals surface area (Å²) >= 11 is 0. The van der Waals surface area contributed by atoms with Gasteiger partial charge in [0.05, 0.1) is 6.21 Å². The van der Waals surface area contributed by atoms with Crippen molar-refractivity contribution in [3.8, 4) is 5.75 Å². The Morgan fingerprint density at radius 2 is 1.73 bits per heavy atom. The number of carbonyl (C=O) groups excluding carboxylic acids is 1. The summed E-state index contributed by atoms with van der Waals surface area (Å²) in [5, 5.41) is 8.63. The van der Waals surface area contributed by atoms with E-state index in [2.05, 4.69) is 10.5 Å². The van der Waals surface area contributed by atoms with E-state index in [-0.39, 0.29) is 24.9 Å². The summed E-state index contributed by atoms with van der Waals surface area (Å²) in [6.07, 6.45) is 1.51. The predicted octanol–water partition coefficient (Wildman–Crippen LogP) is 5.86. The van der Waals surface area contributed by atoms with Crippen molar-refractivity contribution in [2.24, 2.45) is 5.16 Å². The molecule has 0 atom stereocenters. The van der Waals surface area contributed by atoms with Gasteiger partial charge in [-0.2, -0.15) is 0 Å². The van der Waals surface area contributed by atoms with Crippen molar-refractivity contribution in [1.82, 2.24) is 0 Å². The zero-order chi connectivity index (χ0) is 23.0. The third-order valence-corrected chi connectivity index (χ3v) is 5.06. The number of nitrogens with zero attached hydrogens (tertiary/aromatic N) is 1. The van der Waals surface area contributed by atoms with Crippen molar-refractivity contribution < 1.29 is 18.8 Å². The number of fused-ring (bicyclic) bond motifs is 1. The SMILES string of the molecule is Cc1ccc(NC(=O)CON=Cc2c(OCc3ccccc3F)ccc3ccccc23)cc1. The molecule has 4 aromatic carbocycles. The molecule has 0 unspecified atom stereocenters. The standard InChI is InChI=1S/C27H23FN2O3/c1-19-10-13-22(14-11-19)30-27(31)18-33-29-16-24-23-8-4-2-6-20(23)12-15-26(24)32-17-21-7-3-5-9-25(21)28/h2-16H,17-18H2,1H3,(H,30,31). The monoisotopic (exact) mass is 442 g/mol. The van der Waals surface area contributed by atoms with E-state index in [1.165, 1.54) is 12.3 Å². The zero-order valence-corrected chi connectivity index (χ0v) is 18.1. The summed E-state index contributed by atoms with van der Waals surface area (Å²) in [5.74, 6) is -0.102. The quantitative estimate of drug-likeness (QED) is 0.275. The summed E-state index contributed by atoms with van der Waals surface area (Å²) in [6.45, 7) is 1.82. The summed E-state index contributed by atoms with van der Waals surface area (Å²) < 4.78 is 19.9. The van der Waals surface area contributed by atoms with Gasteiger partial charge >= 0.3 is 0 Å². The second-order valence-corrected chi connectivity index (χ2v) is 7.50. The molecule has 0 spiro atoms. The lowest BCUT2D eigenvalue weighted by Crippen LogP contribution is -2.16. The van der Waals surface area contributed by atoms with Crippen molar-refractivity contribution in [2.45, 2.75) is 13.5 Å². The van der Waals surface area contributed by atoms with Gasteiger partial charge in [-0.25, -0.2) is 4.39 Å². The molecule has 0 fully saturated rings. The third kappa shape index (κ3) is 5.74. The number of ether oxygens (including phenoxy) is 1. The van der Waals surface area contributed by atoms with Gasteiger partial charge < -0.3 is 14.9 Å². The molecule has 166 valence electrons. The van der Waals surface area contributed by atoms with Crippen LogP contribution in [0.1, 0.15) is 16.7 Å². The van der Waals surface area contributed by atoms with E-state index in [0.717, 1.165) is 16.3 Å². The molecule has 0 bridgehead atoms. The summed E-state index contributed by atoms with van der Waals surface area (Å²) in [4.78, 5) is 17.3. The van der Waals surface area contributed by atoms with Gasteiger partial charge in [0.25, 0.3) is 5.91 Å². The second kappa shape index (κ2) is 10.4. The van der Waals surface area contributed by atoms with Crippen molar-refractivity contribution in [3.63, 3.8) is 0 Å². The number of anilines is 1. The van der Waals surface area contributed by atoms with Crippen LogP contribution in [-0.4, -0.2) is 18.7 Å². The smallest absolute Gasteiger partial charge is 0.265 e. The molecule has 4 rings (SSSR count). The largest absolute Gasteiger partial charge is 0.488 e. The molecule has 0 heterocycles. The van der Waals surface area contributed by atoms with E-state index >= 15 is 0 Å². The van der Waals surface area contributed by atoms with Crippen LogP contribution in [0.15, 0.2) is 90.1 Å². The maximum atomic E-state index is 14.0. The predicted molar refractivity (Wildman–Crippen MR) is 128 cm³/mol. The fourth-order valence-electron chi connectivity index (χ4n) is 3.33. The number of aryl methyl sites for hydroxylation is 1. The van der Waals surface area contributed by atoms with Gasteiger partial charge in [0.2, 0.25) is 0 Å². The Balaban J connectivity index is 1.46. The first kappa shape index (κ1) is 22.0. The average Bonchev–Trinajstić information content (AvgIpc) is 2.83. The maximum Gasteiger partial charge on any atom is 0.265 e. The number of oxime groups is 1. The molecule has 0 aliphatic carbocycles. The number of rotatable bonds is 8. The first-order valence-electron chi connectivity index (χ1n) is 10.5. The topological polar surface area (TPSA) is 59.9 Å². The normalized spacial score (nSPS) is 11.0. The number of halogens is 1. The van der Waals surface area contributed by atoms with Crippen LogP contribution >= 0.6 is 0 Å². The van der Waals surface area contributed by atoms with Crippen LogP contribution < -0.4 is 10.1 Å². The molecular formula is C27H23FN2O3. The van der Waals surface area contributed by atoms with Crippen LogP contribution in [0.4, 0.5) is 10.1 Å². The molecule has 4 aromatic rings. The summed E-state index contributed by atoms with van der Waals surface area (Å²) in [5.41, 5.74) is 2.94. The third-order valence-electron chi connectivity index (χ3n) is 5.06. The molecule has 0 radical (unpaired) electrons. The van der Waals surface area contributed by atoms with Crippen LogP contribution in [0, 0.1) is 12.7 Å². The molecule has 6 heteroatoms. The number of benzene rings is 4. The van der Waals surface area contributed by atoms with E-state index in [0.29, 0.717) is 22.6 Å². The van der Waals surface area contributed by atoms with Crippen molar-refractivity contribution in [3.05, 3.63) is 107 Å². The Morgan fingerprint density at radius 1 is 0.970 bits per heavy atom. The van der Waals surface area contributed by atoms with Gasteiger partial charge in [-0.1, -0.05) is 71.4 Å². The van der Waals surface area contributed by atoms with E-state index in [1.54, 1.807) is 18.2 Å². The molecule has 0 aliphatic heterocycles. The highest BCUT2D eigenvalue weighted by molar-refractivity contribution is 6.02. The highest BCUT2D eigenvalue weighted by Crippen LogP contribution is 2.27. The van der Waals surface area contributed by atoms with Gasteiger partial charge in [0.15, 0.2) is 6.61 Å². The van der Waals surface area contributed by atoms with Gasteiger partial charge in [0.1, 0.15) is 18.2 Å². The lowest BCUT2D eigenvalue weighted by atomic mass is 10.0. The molecule has 33 heavy (non-hydrogen) atoms. The Kier molecular flexibility index (Phi) is 6.95. The van der Waals surface area contributed by atoms with Crippen LogP contribution in [0.3, 0.4) is 0 Å². The van der Waals surface area contributed by atoms with Crippen molar-refractivity contribution in [1.29, 1.82) is 0 Å². The van der Waals surface area contributed by atoms with E-state index in [1.807, 2.05) is 67.6 Å². The average molecular weight is 442 g/mol. The number of carbonyl (C=O) groups is 1.